The van der Waals surface area contributed by atoms with Crippen LogP contribution in [0.25, 0.3) is 0 Å². The summed E-state index contributed by atoms with van der Waals surface area (Å²) in [7, 11) is 0. The van der Waals surface area contributed by atoms with Crippen LogP contribution in [0.5, 0.6) is 0 Å². The van der Waals surface area contributed by atoms with Gasteiger partial charge in [0.25, 0.3) is 0 Å². The average Bonchev–Trinajstić information content (AvgIpc) is 2.13. The lowest BCUT2D eigenvalue weighted by Gasteiger charge is -2.01. The molecular weight excluding hydrogens is 166 g/mol. The van der Waals surface area contributed by atoms with E-state index in [2.05, 4.69) is 22.2 Å². The second-order valence-electron chi connectivity index (χ2n) is 2.90. The van der Waals surface area contributed by atoms with Crippen LogP contribution in [0, 0.1) is 0 Å². The zero-order valence-electron chi connectivity index (χ0n) is 7.84. The molecule has 1 aromatic heterocycles. The highest BCUT2D eigenvalue weighted by Gasteiger charge is 1.92. The van der Waals surface area contributed by atoms with E-state index in [0.717, 1.165) is 31.6 Å². The van der Waals surface area contributed by atoms with Crippen LogP contribution in [-0.4, -0.2) is 23.1 Å². The van der Waals surface area contributed by atoms with E-state index in [1.54, 1.807) is 0 Å². The Kier molecular flexibility index (Phi) is 4.18. The Morgan fingerprint density at radius 1 is 1.54 bits per heavy atom. The van der Waals surface area contributed by atoms with Gasteiger partial charge in [-0.05, 0) is 19.0 Å². The average molecular weight is 181 g/mol. The van der Waals surface area contributed by atoms with Crippen molar-refractivity contribution in [2.45, 2.75) is 19.8 Å². The Hall–Kier alpha value is -1.16. The third-order valence-electron chi connectivity index (χ3n) is 1.73. The van der Waals surface area contributed by atoms with Crippen LogP contribution >= 0.6 is 0 Å². The molecule has 0 radical (unpaired) electrons. The summed E-state index contributed by atoms with van der Waals surface area (Å²) in [6, 6.07) is 1.83. The molecule has 0 amide bonds. The van der Waals surface area contributed by atoms with Gasteiger partial charge in [-0.2, -0.15) is 0 Å². The van der Waals surface area contributed by atoms with E-state index in [4.69, 9.17) is 0 Å². The first-order chi connectivity index (χ1) is 6.33. The Morgan fingerprint density at radius 2 is 2.38 bits per heavy atom. The number of nitrogens with zero attached hydrogens (tertiary/aromatic N) is 1. The fourth-order valence-corrected chi connectivity index (χ4v) is 1.08. The maximum absolute atomic E-state index is 10.8. The minimum atomic E-state index is -0.270. The quantitative estimate of drug-likeness (QED) is 0.643. The molecular formula is C9H15N3O. The van der Waals surface area contributed by atoms with Crippen LogP contribution in [-0.2, 0) is 6.42 Å². The zero-order valence-corrected chi connectivity index (χ0v) is 7.84. The molecule has 0 atom stereocenters. The number of hydrogen-bond donors (Lipinski definition) is 2. The van der Waals surface area contributed by atoms with E-state index in [1.165, 1.54) is 6.20 Å². The van der Waals surface area contributed by atoms with Gasteiger partial charge in [-0.15, -0.1) is 0 Å². The second kappa shape index (κ2) is 5.48. The van der Waals surface area contributed by atoms with Crippen LogP contribution in [0.3, 0.4) is 0 Å². The van der Waals surface area contributed by atoms with Crippen molar-refractivity contribution in [1.82, 2.24) is 15.3 Å². The van der Waals surface area contributed by atoms with Crippen LogP contribution in [0.4, 0.5) is 0 Å². The van der Waals surface area contributed by atoms with Crippen LogP contribution < -0.4 is 11.0 Å². The van der Waals surface area contributed by atoms with Crippen molar-refractivity contribution in [2.75, 3.05) is 13.1 Å². The van der Waals surface area contributed by atoms with Crippen LogP contribution in [0.15, 0.2) is 17.1 Å². The summed E-state index contributed by atoms with van der Waals surface area (Å²) in [5.41, 5.74) is 0.664. The predicted molar refractivity (Wildman–Crippen MR) is 51.7 cm³/mol. The molecule has 0 aliphatic rings. The number of H-pyrrole nitrogens is 1. The maximum atomic E-state index is 10.8. The van der Waals surface area contributed by atoms with Crippen molar-refractivity contribution in [2.24, 2.45) is 0 Å². The first kappa shape index (κ1) is 9.92. The molecule has 0 saturated carbocycles. The van der Waals surface area contributed by atoms with Crippen LogP contribution in [0.1, 0.15) is 19.0 Å². The lowest BCUT2D eigenvalue weighted by Crippen LogP contribution is -2.20. The van der Waals surface area contributed by atoms with Gasteiger partial charge in [0.2, 0.25) is 0 Å². The van der Waals surface area contributed by atoms with Crippen molar-refractivity contribution < 1.29 is 0 Å². The van der Waals surface area contributed by atoms with Crippen molar-refractivity contribution >= 4 is 0 Å². The highest BCUT2D eigenvalue weighted by atomic mass is 16.1. The monoisotopic (exact) mass is 181 g/mol. The molecule has 2 N–H and O–H groups in total. The summed E-state index contributed by atoms with van der Waals surface area (Å²) in [4.78, 5) is 17.0. The number of rotatable bonds is 5. The zero-order chi connectivity index (χ0) is 9.52. The minimum Gasteiger partial charge on any atom is -0.316 e. The van der Waals surface area contributed by atoms with Gasteiger partial charge in [0, 0.05) is 24.9 Å². The fourth-order valence-electron chi connectivity index (χ4n) is 1.08. The standard InChI is InChI=1S/C9H15N3O/c1-2-5-10-6-3-8-4-7-11-9(13)12-8/h4,7,10H,2-3,5-6H2,1H3,(H,11,12,13). The molecule has 0 aliphatic carbocycles. The number of hydrogen-bond acceptors (Lipinski definition) is 3. The van der Waals surface area contributed by atoms with E-state index >= 15 is 0 Å². The normalized spacial score (nSPS) is 10.2. The summed E-state index contributed by atoms with van der Waals surface area (Å²) in [5.74, 6) is 0. The molecule has 1 heterocycles. The largest absolute Gasteiger partial charge is 0.345 e. The van der Waals surface area contributed by atoms with E-state index in [-0.39, 0.29) is 5.69 Å². The van der Waals surface area contributed by atoms with Gasteiger partial charge in [-0.3, -0.25) is 0 Å². The maximum Gasteiger partial charge on any atom is 0.345 e. The Bertz CT molecular complexity index is 295. The minimum absolute atomic E-state index is 0.270. The molecule has 0 fully saturated rings. The predicted octanol–water partition coefficient (Wildman–Crippen LogP) is 0.312. The molecule has 72 valence electrons. The first-order valence-electron chi connectivity index (χ1n) is 4.58. The third kappa shape index (κ3) is 3.85. The molecule has 0 aliphatic heterocycles. The molecule has 0 saturated heterocycles. The summed E-state index contributed by atoms with van der Waals surface area (Å²) in [6.07, 6.45) is 3.51. The summed E-state index contributed by atoms with van der Waals surface area (Å²) >= 11 is 0. The van der Waals surface area contributed by atoms with Gasteiger partial charge in [-0.1, -0.05) is 6.92 Å². The van der Waals surface area contributed by atoms with E-state index in [9.17, 15) is 4.79 Å². The number of aromatic nitrogens is 2. The van der Waals surface area contributed by atoms with E-state index in [1.807, 2.05) is 6.07 Å². The van der Waals surface area contributed by atoms with Gasteiger partial charge >= 0.3 is 5.69 Å². The van der Waals surface area contributed by atoms with Crippen molar-refractivity contribution in [3.05, 3.63) is 28.4 Å². The lowest BCUT2D eigenvalue weighted by atomic mass is 10.3. The Balaban J connectivity index is 2.33. The molecule has 0 bridgehead atoms. The van der Waals surface area contributed by atoms with Gasteiger partial charge in [0.1, 0.15) is 0 Å². The Labute approximate surface area is 77.4 Å². The van der Waals surface area contributed by atoms with Crippen molar-refractivity contribution in [3.8, 4) is 0 Å². The SMILES string of the molecule is CCCNCCc1ccnc(=O)[nH]1. The first-order valence-corrected chi connectivity index (χ1v) is 4.58. The summed E-state index contributed by atoms with van der Waals surface area (Å²) < 4.78 is 0. The lowest BCUT2D eigenvalue weighted by molar-refractivity contribution is 0.664. The smallest absolute Gasteiger partial charge is 0.316 e. The fraction of sp³-hybridized carbons (Fsp3) is 0.556. The highest BCUT2D eigenvalue weighted by molar-refractivity contribution is 4.98. The number of nitrogens with one attached hydrogen (secondary N) is 2. The molecule has 1 aromatic rings. The molecule has 1 rings (SSSR count). The molecule has 4 heteroatoms. The second-order valence-corrected chi connectivity index (χ2v) is 2.90. The Morgan fingerprint density at radius 3 is 3.08 bits per heavy atom. The third-order valence-corrected chi connectivity index (χ3v) is 1.73. The van der Waals surface area contributed by atoms with Gasteiger partial charge in [-0.25, -0.2) is 9.78 Å². The summed E-state index contributed by atoms with van der Waals surface area (Å²) in [5, 5.41) is 3.26. The van der Waals surface area contributed by atoms with Gasteiger partial charge in [0.05, 0.1) is 0 Å². The topological polar surface area (TPSA) is 57.8 Å². The van der Waals surface area contributed by atoms with E-state index in [0.29, 0.717) is 0 Å². The van der Waals surface area contributed by atoms with Crippen LogP contribution in [0.2, 0.25) is 0 Å². The molecule has 0 unspecified atom stereocenters. The summed E-state index contributed by atoms with van der Waals surface area (Å²) in [6.45, 7) is 4.05. The van der Waals surface area contributed by atoms with Gasteiger partial charge < -0.3 is 10.3 Å². The van der Waals surface area contributed by atoms with Crippen molar-refractivity contribution in [1.29, 1.82) is 0 Å². The molecule has 13 heavy (non-hydrogen) atoms. The molecule has 4 nitrogen and oxygen atoms in total. The highest BCUT2D eigenvalue weighted by Crippen LogP contribution is 1.88. The van der Waals surface area contributed by atoms with Crippen molar-refractivity contribution in [3.63, 3.8) is 0 Å². The van der Waals surface area contributed by atoms with Gasteiger partial charge in [0.15, 0.2) is 0 Å². The van der Waals surface area contributed by atoms with E-state index < -0.39 is 0 Å². The number of aromatic amines is 1. The molecule has 0 aromatic carbocycles. The molecule has 0 spiro atoms.